The van der Waals surface area contributed by atoms with Crippen molar-refractivity contribution in [1.82, 2.24) is 9.97 Å². The molecule has 0 saturated heterocycles. The van der Waals surface area contributed by atoms with E-state index in [-0.39, 0.29) is 17.2 Å². The zero-order valence-corrected chi connectivity index (χ0v) is 12.6. The summed E-state index contributed by atoms with van der Waals surface area (Å²) in [4.78, 5) is 7.57. The van der Waals surface area contributed by atoms with Gasteiger partial charge in [0.1, 0.15) is 5.75 Å². The van der Waals surface area contributed by atoms with Crippen molar-refractivity contribution in [3.63, 3.8) is 0 Å². The van der Waals surface area contributed by atoms with E-state index in [2.05, 4.69) is 36.2 Å². The van der Waals surface area contributed by atoms with E-state index in [0.29, 0.717) is 5.75 Å². The predicted octanol–water partition coefficient (Wildman–Crippen LogP) is 3.30. The van der Waals surface area contributed by atoms with E-state index in [0.717, 1.165) is 17.3 Å². The molecule has 0 aliphatic rings. The maximum Gasteiger partial charge on any atom is 0.260 e. The number of hydrogen-bond donors (Lipinski definition) is 2. The number of hydrazine groups is 1. The van der Waals surface area contributed by atoms with Crippen molar-refractivity contribution in [1.29, 1.82) is 0 Å². The van der Waals surface area contributed by atoms with E-state index in [1.54, 1.807) is 0 Å². The van der Waals surface area contributed by atoms with Gasteiger partial charge in [-0.05, 0) is 18.4 Å². The quantitative estimate of drug-likeness (QED) is 0.670. The summed E-state index contributed by atoms with van der Waals surface area (Å²) in [6, 6.07) is 5.75. The Morgan fingerprint density at radius 2 is 2.00 bits per heavy atom. The summed E-state index contributed by atoms with van der Waals surface area (Å²) in [5.41, 5.74) is 4.21. The summed E-state index contributed by atoms with van der Waals surface area (Å²) < 4.78 is 19.4. The third-order valence-electron chi connectivity index (χ3n) is 2.99. The highest BCUT2D eigenvalue weighted by Gasteiger charge is 2.21. The molecule has 1 aromatic carbocycles. The van der Waals surface area contributed by atoms with Crippen molar-refractivity contribution in [3.05, 3.63) is 41.3 Å². The number of halogens is 1. The lowest BCUT2D eigenvalue weighted by molar-refractivity contribution is 0.406. The van der Waals surface area contributed by atoms with Crippen molar-refractivity contribution >= 4 is 5.95 Å². The first-order chi connectivity index (χ1) is 9.81. The summed E-state index contributed by atoms with van der Waals surface area (Å²) in [6.07, 6.45) is 1.02. The Bertz CT molecular complexity index is 653. The molecule has 0 fully saturated rings. The van der Waals surface area contributed by atoms with Crippen LogP contribution < -0.4 is 16.0 Å². The third kappa shape index (κ3) is 3.46. The summed E-state index contributed by atoms with van der Waals surface area (Å²) in [7, 11) is 0. The number of nitrogens with one attached hydrogen (secondary N) is 1. The van der Waals surface area contributed by atoms with E-state index >= 15 is 0 Å². The molecule has 2 aromatic rings. The minimum absolute atomic E-state index is 0.0934. The first-order valence-electron chi connectivity index (χ1n) is 6.59. The molecule has 112 valence electrons. The van der Waals surface area contributed by atoms with E-state index < -0.39 is 5.82 Å². The van der Waals surface area contributed by atoms with E-state index in [9.17, 15) is 4.39 Å². The molecule has 21 heavy (non-hydrogen) atoms. The second kappa shape index (κ2) is 5.65. The fourth-order valence-corrected chi connectivity index (χ4v) is 1.92. The SMILES string of the molecule is Cc1ccc(Oc2nc(NN)ncc2F)c(C(C)(C)C)c1. The first kappa shape index (κ1) is 15.2. The van der Waals surface area contributed by atoms with Crippen LogP contribution in [0.3, 0.4) is 0 Å². The van der Waals surface area contributed by atoms with Gasteiger partial charge in [-0.1, -0.05) is 38.5 Å². The number of hydrogen-bond acceptors (Lipinski definition) is 5. The average Bonchev–Trinajstić information content (AvgIpc) is 2.42. The molecule has 0 aliphatic heterocycles. The van der Waals surface area contributed by atoms with Crippen LogP contribution in [0.25, 0.3) is 0 Å². The molecular weight excluding hydrogens is 271 g/mol. The molecule has 0 atom stereocenters. The van der Waals surface area contributed by atoms with Crippen molar-refractivity contribution in [3.8, 4) is 11.6 Å². The second-order valence-electron chi connectivity index (χ2n) is 5.84. The van der Waals surface area contributed by atoms with Gasteiger partial charge < -0.3 is 4.74 Å². The van der Waals surface area contributed by atoms with Crippen LogP contribution in [-0.4, -0.2) is 9.97 Å². The van der Waals surface area contributed by atoms with Gasteiger partial charge in [0.25, 0.3) is 5.88 Å². The highest BCUT2D eigenvalue weighted by molar-refractivity contribution is 5.43. The number of benzene rings is 1. The Morgan fingerprint density at radius 3 is 2.62 bits per heavy atom. The molecule has 6 heteroatoms. The largest absolute Gasteiger partial charge is 0.436 e. The van der Waals surface area contributed by atoms with Crippen LogP contribution >= 0.6 is 0 Å². The van der Waals surface area contributed by atoms with Gasteiger partial charge in [0, 0.05) is 5.56 Å². The fourth-order valence-electron chi connectivity index (χ4n) is 1.92. The number of anilines is 1. The number of ether oxygens (including phenoxy) is 1. The van der Waals surface area contributed by atoms with Crippen molar-refractivity contribution < 1.29 is 9.13 Å². The van der Waals surface area contributed by atoms with E-state index in [1.165, 1.54) is 0 Å². The van der Waals surface area contributed by atoms with Crippen LogP contribution in [0.1, 0.15) is 31.9 Å². The monoisotopic (exact) mass is 290 g/mol. The topological polar surface area (TPSA) is 73.1 Å². The number of nitrogen functional groups attached to an aromatic ring is 1. The second-order valence-corrected chi connectivity index (χ2v) is 5.84. The molecular formula is C15H19FN4O. The van der Waals surface area contributed by atoms with Gasteiger partial charge in [-0.3, -0.25) is 5.43 Å². The molecule has 0 saturated carbocycles. The molecule has 0 amide bonds. The number of aromatic nitrogens is 2. The number of rotatable bonds is 3. The van der Waals surface area contributed by atoms with Crippen molar-refractivity contribution in [2.45, 2.75) is 33.1 Å². The van der Waals surface area contributed by atoms with Gasteiger partial charge in [0.05, 0.1) is 6.20 Å². The van der Waals surface area contributed by atoms with Crippen molar-refractivity contribution in [2.75, 3.05) is 5.43 Å². The van der Waals surface area contributed by atoms with Gasteiger partial charge in [0.15, 0.2) is 0 Å². The average molecular weight is 290 g/mol. The lowest BCUT2D eigenvalue weighted by Crippen LogP contribution is -2.14. The molecule has 1 aromatic heterocycles. The molecule has 0 unspecified atom stereocenters. The highest BCUT2D eigenvalue weighted by atomic mass is 19.1. The van der Waals surface area contributed by atoms with Gasteiger partial charge in [-0.15, -0.1) is 0 Å². The van der Waals surface area contributed by atoms with E-state index in [4.69, 9.17) is 10.6 Å². The minimum Gasteiger partial charge on any atom is -0.436 e. The Morgan fingerprint density at radius 1 is 1.29 bits per heavy atom. The third-order valence-corrected chi connectivity index (χ3v) is 2.99. The molecule has 2 rings (SSSR count). The Balaban J connectivity index is 2.45. The van der Waals surface area contributed by atoms with E-state index in [1.807, 2.05) is 25.1 Å². The lowest BCUT2D eigenvalue weighted by atomic mass is 9.85. The molecule has 0 bridgehead atoms. The standard InChI is InChI=1S/C15H19FN4O/c1-9-5-6-12(10(7-9)15(2,3)4)21-13-11(16)8-18-14(19-13)20-17/h5-8H,17H2,1-4H3,(H,18,19,20). The van der Waals surface area contributed by atoms with Crippen molar-refractivity contribution in [2.24, 2.45) is 5.84 Å². The fraction of sp³-hybridized carbons (Fsp3) is 0.333. The Hall–Kier alpha value is -2.21. The molecule has 5 nitrogen and oxygen atoms in total. The summed E-state index contributed by atoms with van der Waals surface area (Å²) >= 11 is 0. The lowest BCUT2D eigenvalue weighted by Gasteiger charge is -2.23. The van der Waals surface area contributed by atoms with Crippen LogP contribution in [0, 0.1) is 12.7 Å². The van der Waals surface area contributed by atoms with Gasteiger partial charge in [-0.2, -0.15) is 9.37 Å². The first-order valence-corrected chi connectivity index (χ1v) is 6.59. The normalized spacial score (nSPS) is 11.3. The maximum atomic E-state index is 13.8. The molecule has 1 heterocycles. The number of nitrogens with two attached hydrogens (primary N) is 1. The predicted molar refractivity (Wildman–Crippen MR) is 79.8 cm³/mol. The summed E-state index contributed by atoms with van der Waals surface area (Å²) in [6.45, 7) is 8.20. The molecule has 0 spiro atoms. The number of aryl methyl sites for hydroxylation is 1. The van der Waals surface area contributed by atoms with Crippen LogP contribution in [0.2, 0.25) is 0 Å². The smallest absolute Gasteiger partial charge is 0.260 e. The zero-order chi connectivity index (χ0) is 15.6. The Kier molecular flexibility index (Phi) is 4.09. The molecule has 0 radical (unpaired) electrons. The van der Waals surface area contributed by atoms with Gasteiger partial charge in [0.2, 0.25) is 11.8 Å². The maximum absolute atomic E-state index is 13.8. The van der Waals surface area contributed by atoms with Crippen LogP contribution in [0.4, 0.5) is 10.3 Å². The number of nitrogens with zero attached hydrogens (tertiary/aromatic N) is 2. The summed E-state index contributed by atoms with van der Waals surface area (Å²) in [5.74, 6) is 5.08. The minimum atomic E-state index is -0.644. The highest BCUT2D eigenvalue weighted by Crippen LogP contribution is 2.35. The van der Waals surface area contributed by atoms with Crippen LogP contribution in [0.5, 0.6) is 11.6 Å². The molecule has 0 aliphatic carbocycles. The van der Waals surface area contributed by atoms with Crippen LogP contribution in [-0.2, 0) is 5.41 Å². The Labute approximate surface area is 123 Å². The van der Waals surface area contributed by atoms with Gasteiger partial charge >= 0.3 is 0 Å². The summed E-state index contributed by atoms with van der Waals surface area (Å²) in [5, 5.41) is 0. The zero-order valence-electron chi connectivity index (χ0n) is 12.6. The molecule has 3 N–H and O–H groups in total. The van der Waals surface area contributed by atoms with Gasteiger partial charge in [-0.25, -0.2) is 10.8 Å². The van der Waals surface area contributed by atoms with Crippen LogP contribution in [0.15, 0.2) is 24.4 Å².